The number of aromatic nitrogens is 4. The molecule has 7 rings (SSSR count). The van der Waals surface area contributed by atoms with Gasteiger partial charge < -0.3 is 24.0 Å². The van der Waals surface area contributed by atoms with Crippen LogP contribution >= 0.6 is 0 Å². The topological polar surface area (TPSA) is 102 Å². The molecule has 1 unspecified atom stereocenters. The highest BCUT2D eigenvalue weighted by Gasteiger charge is 2.51. The zero-order chi connectivity index (χ0) is 32.8. The van der Waals surface area contributed by atoms with E-state index < -0.39 is 5.60 Å². The van der Waals surface area contributed by atoms with Crippen LogP contribution in [0.1, 0.15) is 71.1 Å². The highest BCUT2D eigenvalue weighted by molar-refractivity contribution is 6.00. The van der Waals surface area contributed by atoms with E-state index in [1.54, 1.807) is 4.90 Å². The minimum Gasteiger partial charge on any atom is -0.462 e. The van der Waals surface area contributed by atoms with Crippen molar-refractivity contribution in [3.63, 3.8) is 0 Å². The standard InChI is InChI=1S/C35H46N8O4/c1-24-11-12-26-25(20-37-43(26)27-10-6-9-18-45-27)28(24)29-30(36-5)31(39-32(38-29)46-19-17-40-14-7-8-15-40)41-16-13-35(21-41)22-42(23-35)33(44)47-34(2,3)4/h11-12,20,27H,6-10,13-19,21-23H2,1-4H3. The normalized spacial score (nSPS) is 21.3. The SMILES string of the molecule is [C-]#[N+]c1c(-c2c(C)ccc3c2cnn3C2CCCCO2)nc(OCCN2CCCC2)nc1N1CCC2(CN(C(=O)OC(C)(C)C)C2)C1. The summed E-state index contributed by atoms with van der Waals surface area (Å²) in [6.45, 7) is 23.0. The molecule has 12 nitrogen and oxygen atoms in total. The van der Waals surface area contributed by atoms with E-state index in [4.69, 9.17) is 35.8 Å². The first-order valence-corrected chi connectivity index (χ1v) is 17.1. The minimum absolute atomic E-state index is 0.0604. The summed E-state index contributed by atoms with van der Waals surface area (Å²) in [6.07, 6.45) is 7.92. The molecule has 4 aliphatic heterocycles. The Bertz CT molecular complexity index is 1670. The van der Waals surface area contributed by atoms with Gasteiger partial charge in [-0.05, 0) is 90.9 Å². The number of hydrogen-bond donors (Lipinski definition) is 0. The van der Waals surface area contributed by atoms with E-state index in [0.29, 0.717) is 43.4 Å². The lowest BCUT2D eigenvalue weighted by atomic mass is 9.79. The van der Waals surface area contributed by atoms with Gasteiger partial charge in [-0.25, -0.2) is 19.3 Å². The molecule has 0 bridgehead atoms. The summed E-state index contributed by atoms with van der Waals surface area (Å²) in [4.78, 5) is 33.0. The molecule has 1 aromatic carbocycles. The summed E-state index contributed by atoms with van der Waals surface area (Å²) >= 11 is 0. The maximum absolute atomic E-state index is 12.7. The van der Waals surface area contributed by atoms with Crippen LogP contribution in [0.4, 0.5) is 16.3 Å². The number of likely N-dealkylation sites (tertiary alicyclic amines) is 2. The third-order valence-electron chi connectivity index (χ3n) is 9.89. The van der Waals surface area contributed by atoms with Gasteiger partial charge in [0.05, 0.1) is 24.0 Å². The highest BCUT2D eigenvalue weighted by Crippen LogP contribution is 2.47. The van der Waals surface area contributed by atoms with Gasteiger partial charge >= 0.3 is 12.1 Å². The predicted octanol–water partition coefficient (Wildman–Crippen LogP) is 5.97. The maximum Gasteiger partial charge on any atom is 0.410 e. The number of fused-ring (bicyclic) bond motifs is 1. The van der Waals surface area contributed by atoms with Gasteiger partial charge in [0.2, 0.25) is 0 Å². The van der Waals surface area contributed by atoms with Crippen LogP contribution in [0.15, 0.2) is 18.3 Å². The molecule has 250 valence electrons. The summed E-state index contributed by atoms with van der Waals surface area (Å²) in [5, 5.41) is 5.71. The second-order valence-corrected chi connectivity index (χ2v) is 14.6. The van der Waals surface area contributed by atoms with E-state index in [-0.39, 0.29) is 23.7 Å². The smallest absolute Gasteiger partial charge is 0.410 e. The molecule has 4 aliphatic rings. The van der Waals surface area contributed by atoms with Gasteiger partial charge in [0.15, 0.2) is 6.23 Å². The Morgan fingerprint density at radius 2 is 1.91 bits per heavy atom. The van der Waals surface area contributed by atoms with Gasteiger partial charge in [-0.1, -0.05) is 6.07 Å². The van der Waals surface area contributed by atoms with Crippen LogP contribution in [0.2, 0.25) is 0 Å². The molecular weight excluding hydrogens is 596 g/mol. The van der Waals surface area contributed by atoms with Gasteiger partial charge in [-0.15, -0.1) is 0 Å². The molecule has 12 heteroatoms. The van der Waals surface area contributed by atoms with Crippen LogP contribution in [-0.4, -0.2) is 100 Å². The van der Waals surface area contributed by atoms with E-state index in [0.717, 1.165) is 80.5 Å². The van der Waals surface area contributed by atoms with Crippen LogP contribution in [0.5, 0.6) is 6.01 Å². The van der Waals surface area contributed by atoms with Gasteiger partial charge in [0.1, 0.15) is 18.0 Å². The first-order chi connectivity index (χ1) is 22.6. The van der Waals surface area contributed by atoms with Crippen molar-refractivity contribution in [2.24, 2.45) is 5.41 Å². The van der Waals surface area contributed by atoms with Crippen molar-refractivity contribution >= 4 is 28.5 Å². The lowest BCUT2D eigenvalue weighted by molar-refractivity contribution is -0.0366. The Kier molecular flexibility index (Phi) is 8.47. The lowest BCUT2D eigenvalue weighted by Gasteiger charge is -2.47. The first-order valence-electron chi connectivity index (χ1n) is 17.1. The van der Waals surface area contributed by atoms with Crippen LogP contribution in [0.25, 0.3) is 27.0 Å². The van der Waals surface area contributed by atoms with Crippen LogP contribution in [-0.2, 0) is 9.47 Å². The molecule has 1 amide bonds. The zero-order valence-electron chi connectivity index (χ0n) is 28.1. The third-order valence-corrected chi connectivity index (χ3v) is 9.89. The summed E-state index contributed by atoms with van der Waals surface area (Å²) in [6, 6.07) is 4.45. The van der Waals surface area contributed by atoms with Gasteiger partial charge in [0, 0.05) is 55.7 Å². The van der Waals surface area contributed by atoms with Crippen LogP contribution in [0.3, 0.4) is 0 Å². The molecular formula is C35H46N8O4. The third kappa shape index (κ3) is 6.35. The molecule has 4 fully saturated rings. The Hall–Kier alpha value is -3.95. The van der Waals surface area contributed by atoms with E-state index in [2.05, 4.69) is 33.7 Å². The summed E-state index contributed by atoms with van der Waals surface area (Å²) in [5.41, 5.74) is 3.22. The monoisotopic (exact) mass is 642 g/mol. The second kappa shape index (κ2) is 12.6. The van der Waals surface area contributed by atoms with Crippen molar-refractivity contribution < 1.29 is 19.0 Å². The molecule has 0 saturated carbocycles. The minimum atomic E-state index is -0.532. The van der Waals surface area contributed by atoms with E-state index in [1.807, 2.05) is 31.6 Å². The largest absolute Gasteiger partial charge is 0.462 e. The summed E-state index contributed by atoms with van der Waals surface area (Å²) in [7, 11) is 0. The lowest BCUT2D eigenvalue weighted by Crippen LogP contribution is -2.60. The fraction of sp³-hybridized carbons (Fsp3) is 0.629. The Labute approximate surface area is 276 Å². The number of rotatable bonds is 7. The number of anilines is 1. The molecule has 1 spiro atoms. The number of carbonyl (C=O) groups excluding carboxylic acids is 1. The number of nitrogens with zero attached hydrogens (tertiary/aromatic N) is 8. The molecule has 1 atom stereocenters. The number of aryl methyl sites for hydroxylation is 1. The molecule has 6 heterocycles. The second-order valence-electron chi connectivity index (χ2n) is 14.6. The summed E-state index contributed by atoms with van der Waals surface area (Å²) in [5.74, 6) is 0.591. The number of ether oxygens (including phenoxy) is 3. The van der Waals surface area contributed by atoms with Crippen molar-refractivity contribution in [3.8, 4) is 17.3 Å². The average Bonchev–Trinajstić information content (AvgIpc) is 3.80. The van der Waals surface area contributed by atoms with Gasteiger partial charge in [0.25, 0.3) is 5.69 Å². The molecule has 0 radical (unpaired) electrons. The number of hydrogen-bond acceptors (Lipinski definition) is 9. The predicted molar refractivity (Wildman–Crippen MR) is 179 cm³/mol. The Morgan fingerprint density at radius 3 is 2.64 bits per heavy atom. The van der Waals surface area contributed by atoms with E-state index >= 15 is 0 Å². The molecule has 4 saturated heterocycles. The van der Waals surface area contributed by atoms with Crippen molar-refractivity contribution in [2.75, 3.05) is 63.9 Å². The molecule has 3 aromatic rings. The van der Waals surface area contributed by atoms with Crippen LogP contribution < -0.4 is 9.64 Å². The number of amides is 1. The quantitative estimate of drug-likeness (QED) is 0.288. The van der Waals surface area contributed by atoms with Gasteiger partial charge in [-0.2, -0.15) is 10.1 Å². The van der Waals surface area contributed by atoms with Gasteiger partial charge in [-0.3, -0.25) is 4.90 Å². The number of carbonyl (C=O) groups is 1. The first kappa shape index (κ1) is 31.6. The van der Waals surface area contributed by atoms with Crippen molar-refractivity contribution in [1.29, 1.82) is 0 Å². The molecule has 2 aromatic heterocycles. The van der Waals surface area contributed by atoms with Crippen molar-refractivity contribution in [2.45, 2.75) is 78.0 Å². The fourth-order valence-electron chi connectivity index (χ4n) is 7.54. The number of benzene rings is 1. The van der Waals surface area contributed by atoms with Crippen molar-refractivity contribution in [1.82, 2.24) is 29.5 Å². The Balaban J connectivity index is 1.22. The molecule has 0 aliphatic carbocycles. The fourth-order valence-corrected chi connectivity index (χ4v) is 7.54. The zero-order valence-corrected chi connectivity index (χ0v) is 28.1. The van der Waals surface area contributed by atoms with Crippen LogP contribution in [0, 0.1) is 18.9 Å². The van der Waals surface area contributed by atoms with E-state index in [9.17, 15) is 4.79 Å². The van der Waals surface area contributed by atoms with Crippen molar-refractivity contribution in [3.05, 3.63) is 35.3 Å². The maximum atomic E-state index is 12.7. The average molecular weight is 643 g/mol. The Morgan fingerprint density at radius 1 is 1.11 bits per heavy atom. The highest BCUT2D eigenvalue weighted by atomic mass is 16.6. The molecule has 47 heavy (non-hydrogen) atoms. The summed E-state index contributed by atoms with van der Waals surface area (Å²) < 4.78 is 19.9. The molecule has 0 N–H and O–H groups in total. The van der Waals surface area contributed by atoms with E-state index in [1.165, 1.54) is 12.8 Å².